The van der Waals surface area contributed by atoms with Gasteiger partial charge < -0.3 is 10.6 Å². The second-order valence-corrected chi connectivity index (χ2v) is 6.05. The van der Waals surface area contributed by atoms with E-state index in [-0.39, 0.29) is 0 Å². The number of rotatable bonds is 1. The number of para-hydroxylation sites is 2. The van der Waals surface area contributed by atoms with Crippen molar-refractivity contribution in [1.29, 1.82) is 0 Å². The van der Waals surface area contributed by atoms with Crippen LogP contribution in [0.3, 0.4) is 0 Å². The van der Waals surface area contributed by atoms with Crippen LogP contribution in [0.15, 0.2) is 24.3 Å². The number of nitrogen functional groups attached to an aromatic ring is 1. The predicted octanol–water partition coefficient (Wildman–Crippen LogP) is 1.89. The van der Waals surface area contributed by atoms with E-state index >= 15 is 0 Å². The Balaban J connectivity index is 1.69. The highest BCUT2D eigenvalue weighted by Gasteiger charge is 2.30. The monoisotopic (exact) mass is 283 g/mol. The van der Waals surface area contributed by atoms with Crippen molar-refractivity contribution in [3.8, 4) is 0 Å². The fourth-order valence-electron chi connectivity index (χ4n) is 3.64. The van der Waals surface area contributed by atoms with Crippen LogP contribution in [0.25, 0.3) is 11.0 Å². The molecule has 0 saturated carbocycles. The predicted molar refractivity (Wildman–Crippen MR) is 85.4 cm³/mol. The van der Waals surface area contributed by atoms with Crippen molar-refractivity contribution in [1.82, 2.24) is 14.9 Å². The summed E-state index contributed by atoms with van der Waals surface area (Å²) in [5.74, 6) is 1.42. The summed E-state index contributed by atoms with van der Waals surface area (Å²) in [6.45, 7) is 4.49. The van der Waals surface area contributed by atoms with Crippen molar-refractivity contribution in [3.63, 3.8) is 0 Å². The van der Waals surface area contributed by atoms with Gasteiger partial charge >= 0.3 is 0 Å². The standard InChI is InChI=1S/C16H21N5/c17-15-16(19-14-7-2-1-6-13(14)18-15)21-10-4-9-20-8-3-5-12(20)11-21/h1-2,6-7,12H,3-5,8-11H2,(H2,17,18). The van der Waals surface area contributed by atoms with E-state index in [0.29, 0.717) is 11.9 Å². The summed E-state index contributed by atoms with van der Waals surface area (Å²) >= 11 is 0. The average Bonchev–Trinajstić information content (AvgIpc) is 2.84. The van der Waals surface area contributed by atoms with Crippen LogP contribution in [0, 0.1) is 0 Å². The molecule has 0 radical (unpaired) electrons. The lowest BCUT2D eigenvalue weighted by Crippen LogP contribution is -2.37. The highest BCUT2D eigenvalue weighted by atomic mass is 15.3. The first kappa shape index (κ1) is 12.8. The third-order valence-corrected chi connectivity index (χ3v) is 4.68. The van der Waals surface area contributed by atoms with Crippen LogP contribution in [0.1, 0.15) is 19.3 Å². The highest BCUT2D eigenvalue weighted by Crippen LogP contribution is 2.27. The summed E-state index contributed by atoms with van der Waals surface area (Å²) in [7, 11) is 0. The Hall–Kier alpha value is -1.88. The van der Waals surface area contributed by atoms with Gasteiger partial charge in [0.1, 0.15) is 0 Å². The van der Waals surface area contributed by atoms with E-state index in [0.717, 1.165) is 29.9 Å². The lowest BCUT2D eigenvalue weighted by Gasteiger charge is -2.27. The molecule has 4 rings (SSSR count). The SMILES string of the molecule is Nc1nc2ccccc2nc1N1CCCN2CCCC2C1. The van der Waals surface area contributed by atoms with Gasteiger partial charge in [0.25, 0.3) is 0 Å². The number of nitrogens with zero attached hydrogens (tertiary/aromatic N) is 4. The topological polar surface area (TPSA) is 58.3 Å². The molecule has 2 aromatic rings. The van der Waals surface area contributed by atoms with Crippen molar-refractivity contribution in [3.05, 3.63) is 24.3 Å². The van der Waals surface area contributed by atoms with E-state index in [2.05, 4.69) is 14.8 Å². The van der Waals surface area contributed by atoms with Crippen molar-refractivity contribution in [2.24, 2.45) is 0 Å². The van der Waals surface area contributed by atoms with E-state index in [1.165, 1.54) is 32.4 Å². The Morgan fingerprint density at radius 3 is 2.62 bits per heavy atom. The molecule has 0 amide bonds. The molecule has 0 spiro atoms. The van der Waals surface area contributed by atoms with Gasteiger partial charge in [0.2, 0.25) is 0 Å². The number of hydrogen-bond acceptors (Lipinski definition) is 5. The first-order valence-electron chi connectivity index (χ1n) is 7.82. The van der Waals surface area contributed by atoms with E-state index in [9.17, 15) is 0 Å². The second-order valence-electron chi connectivity index (χ2n) is 6.05. The van der Waals surface area contributed by atoms with Crippen molar-refractivity contribution in [2.75, 3.05) is 36.8 Å². The van der Waals surface area contributed by atoms with Gasteiger partial charge in [-0.25, -0.2) is 9.97 Å². The van der Waals surface area contributed by atoms with Gasteiger partial charge in [-0.2, -0.15) is 0 Å². The lowest BCUT2D eigenvalue weighted by atomic mass is 10.2. The van der Waals surface area contributed by atoms with Crippen LogP contribution < -0.4 is 10.6 Å². The molecule has 21 heavy (non-hydrogen) atoms. The zero-order chi connectivity index (χ0) is 14.2. The van der Waals surface area contributed by atoms with Crippen LogP contribution in [0.2, 0.25) is 0 Å². The van der Waals surface area contributed by atoms with Crippen molar-refractivity contribution in [2.45, 2.75) is 25.3 Å². The molecule has 5 heteroatoms. The zero-order valence-electron chi connectivity index (χ0n) is 12.2. The molecule has 2 fully saturated rings. The number of nitrogens with two attached hydrogens (primary N) is 1. The smallest absolute Gasteiger partial charge is 0.172 e. The molecular weight excluding hydrogens is 262 g/mol. The Bertz CT molecular complexity index is 656. The maximum atomic E-state index is 6.18. The average molecular weight is 283 g/mol. The van der Waals surface area contributed by atoms with Gasteiger partial charge in [-0.15, -0.1) is 0 Å². The van der Waals surface area contributed by atoms with Gasteiger partial charge in [0.15, 0.2) is 11.6 Å². The number of anilines is 2. The Morgan fingerprint density at radius 1 is 1.00 bits per heavy atom. The largest absolute Gasteiger partial charge is 0.381 e. The molecule has 110 valence electrons. The maximum Gasteiger partial charge on any atom is 0.172 e. The molecule has 3 heterocycles. The summed E-state index contributed by atoms with van der Waals surface area (Å²) in [6, 6.07) is 8.59. The Kier molecular flexibility index (Phi) is 3.15. The summed E-state index contributed by atoms with van der Waals surface area (Å²) < 4.78 is 0. The third-order valence-electron chi connectivity index (χ3n) is 4.68. The molecule has 1 aromatic heterocycles. The lowest BCUT2D eigenvalue weighted by molar-refractivity contribution is 0.273. The van der Waals surface area contributed by atoms with Gasteiger partial charge in [-0.05, 0) is 37.9 Å². The fourth-order valence-corrected chi connectivity index (χ4v) is 3.64. The minimum absolute atomic E-state index is 0.556. The van der Waals surface area contributed by atoms with Gasteiger partial charge in [-0.1, -0.05) is 12.1 Å². The van der Waals surface area contributed by atoms with Gasteiger partial charge in [0, 0.05) is 25.7 Å². The van der Waals surface area contributed by atoms with Crippen molar-refractivity contribution >= 4 is 22.7 Å². The first-order valence-corrected chi connectivity index (χ1v) is 7.82. The molecule has 5 nitrogen and oxygen atoms in total. The maximum absolute atomic E-state index is 6.18. The number of hydrogen-bond donors (Lipinski definition) is 1. The summed E-state index contributed by atoms with van der Waals surface area (Å²) in [5, 5.41) is 0. The normalized spacial score (nSPS) is 23.2. The number of fused-ring (bicyclic) bond motifs is 2. The molecular formula is C16H21N5. The molecule has 2 saturated heterocycles. The van der Waals surface area contributed by atoms with E-state index in [1.807, 2.05) is 24.3 Å². The summed E-state index contributed by atoms with van der Waals surface area (Å²) in [6.07, 6.45) is 3.78. The van der Waals surface area contributed by atoms with Crippen molar-refractivity contribution < 1.29 is 0 Å². The molecule has 2 aliphatic rings. The highest BCUT2D eigenvalue weighted by molar-refractivity contribution is 5.79. The summed E-state index contributed by atoms with van der Waals surface area (Å²) in [4.78, 5) is 14.3. The third kappa shape index (κ3) is 2.31. The molecule has 0 bridgehead atoms. The van der Waals surface area contributed by atoms with E-state index < -0.39 is 0 Å². The minimum Gasteiger partial charge on any atom is -0.381 e. The fraction of sp³-hybridized carbons (Fsp3) is 0.500. The van der Waals surface area contributed by atoms with Gasteiger partial charge in [-0.3, -0.25) is 4.90 Å². The quantitative estimate of drug-likeness (QED) is 0.866. The molecule has 1 aromatic carbocycles. The minimum atomic E-state index is 0.556. The van der Waals surface area contributed by atoms with E-state index in [4.69, 9.17) is 10.7 Å². The molecule has 0 aliphatic carbocycles. The second kappa shape index (κ2) is 5.15. The molecule has 1 atom stereocenters. The molecule has 2 aliphatic heterocycles. The first-order chi connectivity index (χ1) is 10.3. The van der Waals surface area contributed by atoms with E-state index in [1.54, 1.807) is 0 Å². The van der Waals surface area contributed by atoms with Crippen LogP contribution in [0.4, 0.5) is 11.6 Å². The number of aromatic nitrogens is 2. The van der Waals surface area contributed by atoms with Crippen LogP contribution in [0.5, 0.6) is 0 Å². The van der Waals surface area contributed by atoms with Crippen LogP contribution >= 0.6 is 0 Å². The molecule has 2 N–H and O–H groups in total. The van der Waals surface area contributed by atoms with Crippen LogP contribution in [-0.4, -0.2) is 47.1 Å². The molecule has 1 unspecified atom stereocenters. The Morgan fingerprint density at radius 2 is 1.76 bits per heavy atom. The number of benzene rings is 1. The Labute approximate surface area is 124 Å². The van der Waals surface area contributed by atoms with Crippen LogP contribution in [-0.2, 0) is 0 Å². The van der Waals surface area contributed by atoms with Gasteiger partial charge in [0.05, 0.1) is 11.0 Å². The summed E-state index contributed by atoms with van der Waals surface area (Å²) in [5.41, 5.74) is 7.97. The zero-order valence-corrected chi connectivity index (χ0v) is 12.2.